The fourth-order valence-electron chi connectivity index (χ4n) is 1.41. The van der Waals surface area contributed by atoms with Crippen LogP contribution in [0.3, 0.4) is 0 Å². The minimum atomic E-state index is -3.53. The number of aryl methyl sites for hydroxylation is 1. The molecule has 1 aromatic rings. The van der Waals surface area contributed by atoms with E-state index in [2.05, 4.69) is 14.8 Å². The van der Waals surface area contributed by atoms with Gasteiger partial charge in [0, 0.05) is 12.8 Å². The predicted molar refractivity (Wildman–Crippen MR) is 67.9 cm³/mol. The molecule has 1 aromatic carbocycles. The number of sulfonamides is 1. The van der Waals surface area contributed by atoms with E-state index in [1.165, 1.54) is 20.2 Å². The van der Waals surface area contributed by atoms with E-state index in [4.69, 9.17) is 0 Å². The Kier molecular flexibility index (Phi) is 4.83. The average Bonchev–Trinajstić information content (AvgIpc) is 2.31. The molecule has 0 aliphatic carbocycles. The predicted octanol–water partition coefficient (Wildman–Crippen LogP) is 0.488. The van der Waals surface area contributed by atoms with Crippen LogP contribution in [0.2, 0.25) is 0 Å². The molecule has 1 amide bonds. The molecule has 0 aromatic heterocycles. The van der Waals surface area contributed by atoms with Gasteiger partial charge < -0.3 is 10.1 Å². The Morgan fingerprint density at radius 3 is 2.61 bits per heavy atom. The first-order valence-electron chi connectivity index (χ1n) is 5.23. The van der Waals surface area contributed by atoms with Crippen LogP contribution in [0.15, 0.2) is 23.1 Å². The third-order valence-corrected chi connectivity index (χ3v) is 3.86. The molecule has 0 aliphatic heterocycles. The third kappa shape index (κ3) is 3.52. The zero-order valence-corrected chi connectivity index (χ0v) is 11.3. The first kappa shape index (κ1) is 14.6. The summed E-state index contributed by atoms with van der Waals surface area (Å²) >= 11 is 0. The molecule has 0 atom stereocenters. The first-order valence-corrected chi connectivity index (χ1v) is 6.72. The summed E-state index contributed by atoms with van der Waals surface area (Å²) in [6.07, 6.45) is 0. The number of carbonyl (C=O) groups excluding carboxylic acids is 1. The average molecular weight is 272 g/mol. The molecule has 0 radical (unpaired) electrons. The van der Waals surface area contributed by atoms with Crippen molar-refractivity contribution in [1.29, 1.82) is 0 Å². The van der Waals surface area contributed by atoms with Gasteiger partial charge in [-0.15, -0.1) is 0 Å². The zero-order valence-electron chi connectivity index (χ0n) is 10.5. The lowest BCUT2D eigenvalue weighted by Crippen LogP contribution is -2.21. The van der Waals surface area contributed by atoms with Crippen molar-refractivity contribution in [1.82, 2.24) is 4.72 Å². The normalized spacial score (nSPS) is 11.3. The van der Waals surface area contributed by atoms with Gasteiger partial charge in [0.25, 0.3) is 0 Å². The maximum atomic E-state index is 11.7. The molecule has 18 heavy (non-hydrogen) atoms. The van der Waals surface area contributed by atoms with Crippen molar-refractivity contribution < 1.29 is 17.9 Å². The Balaban J connectivity index is 3.05. The number of rotatable bonds is 5. The van der Waals surface area contributed by atoms with Crippen LogP contribution in [0, 0.1) is 6.92 Å². The van der Waals surface area contributed by atoms with Gasteiger partial charge in [-0.25, -0.2) is 13.1 Å². The Morgan fingerprint density at radius 2 is 2.06 bits per heavy atom. The van der Waals surface area contributed by atoms with Crippen molar-refractivity contribution in [2.24, 2.45) is 0 Å². The van der Waals surface area contributed by atoms with Gasteiger partial charge in [0.2, 0.25) is 15.9 Å². The second-order valence-electron chi connectivity index (χ2n) is 3.67. The van der Waals surface area contributed by atoms with E-state index in [0.29, 0.717) is 11.3 Å². The van der Waals surface area contributed by atoms with Crippen LogP contribution in [-0.2, 0) is 19.6 Å². The molecule has 0 saturated heterocycles. The minimum Gasteiger partial charge on any atom is -0.375 e. The van der Waals surface area contributed by atoms with Crippen molar-refractivity contribution >= 4 is 21.6 Å². The molecule has 0 heterocycles. The fraction of sp³-hybridized carbons (Fsp3) is 0.364. The topological polar surface area (TPSA) is 84.5 Å². The molecule has 100 valence electrons. The lowest BCUT2D eigenvalue weighted by atomic mass is 10.2. The van der Waals surface area contributed by atoms with Crippen LogP contribution in [0.5, 0.6) is 0 Å². The summed E-state index contributed by atoms with van der Waals surface area (Å²) < 4.78 is 30.4. The third-order valence-electron chi connectivity index (χ3n) is 2.31. The molecule has 1 rings (SSSR count). The van der Waals surface area contributed by atoms with E-state index in [9.17, 15) is 13.2 Å². The Bertz CT molecular complexity index is 540. The van der Waals surface area contributed by atoms with E-state index < -0.39 is 10.0 Å². The second kappa shape index (κ2) is 5.94. The number of nitrogens with one attached hydrogen (secondary N) is 2. The van der Waals surface area contributed by atoms with Gasteiger partial charge >= 0.3 is 0 Å². The van der Waals surface area contributed by atoms with E-state index in [0.717, 1.165) is 0 Å². The lowest BCUT2D eigenvalue weighted by molar-refractivity contribution is -0.119. The highest BCUT2D eigenvalue weighted by molar-refractivity contribution is 7.89. The largest absolute Gasteiger partial charge is 0.375 e. The first-order chi connectivity index (χ1) is 8.40. The number of hydrogen-bond donors (Lipinski definition) is 2. The summed E-state index contributed by atoms with van der Waals surface area (Å²) in [5, 5.41) is 2.55. The van der Waals surface area contributed by atoms with E-state index >= 15 is 0 Å². The number of anilines is 1. The molecule has 0 unspecified atom stereocenters. The van der Waals surface area contributed by atoms with Crippen molar-refractivity contribution in [2.45, 2.75) is 11.8 Å². The van der Waals surface area contributed by atoms with Gasteiger partial charge in [-0.3, -0.25) is 4.79 Å². The van der Waals surface area contributed by atoms with Crippen molar-refractivity contribution in [3.63, 3.8) is 0 Å². The van der Waals surface area contributed by atoms with Crippen LogP contribution in [0.25, 0.3) is 0 Å². The number of hydrogen-bond acceptors (Lipinski definition) is 4. The summed E-state index contributed by atoms with van der Waals surface area (Å²) in [6, 6.07) is 4.68. The van der Waals surface area contributed by atoms with Gasteiger partial charge in [0.05, 0.1) is 4.90 Å². The smallest absolute Gasteiger partial charge is 0.250 e. The van der Waals surface area contributed by atoms with Crippen LogP contribution in [-0.4, -0.2) is 35.1 Å². The molecule has 0 bridgehead atoms. The van der Waals surface area contributed by atoms with Gasteiger partial charge in [-0.1, -0.05) is 6.07 Å². The fourth-order valence-corrected chi connectivity index (χ4v) is 2.40. The molecule has 0 saturated carbocycles. The molecular formula is C11H16N2O4S. The highest BCUT2D eigenvalue weighted by atomic mass is 32.2. The highest BCUT2D eigenvalue weighted by Gasteiger charge is 2.15. The quantitative estimate of drug-likeness (QED) is 0.817. The highest BCUT2D eigenvalue weighted by Crippen LogP contribution is 2.19. The summed E-state index contributed by atoms with van der Waals surface area (Å²) in [5.41, 5.74) is 1.02. The Morgan fingerprint density at radius 1 is 1.39 bits per heavy atom. The molecular weight excluding hydrogens is 256 g/mol. The van der Waals surface area contributed by atoms with Crippen molar-refractivity contribution in [3.8, 4) is 0 Å². The minimum absolute atomic E-state index is 0.0814. The molecule has 0 aliphatic rings. The summed E-state index contributed by atoms with van der Waals surface area (Å²) in [5.74, 6) is -0.339. The number of carbonyl (C=O) groups is 1. The van der Waals surface area contributed by atoms with Gasteiger partial charge in [0.1, 0.15) is 6.61 Å². The van der Waals surface area contributed by atoms with Crippen LogP contribution < -0.4 is 10.0 Å². The van der Waals surface area contributed by atoms with Crippen molar-refractivity contribution in [2.75, 3.05) is 26.1 Å². The zero-order chi connectivity index (χ0) is 13.8. The summed E-state index contributed by atoms with van der Waals surface area (Å²) in [7, 11) is -0.785. The monoisotopic (exact) mass is 272 g/mol. The van der Waals surface area contributed by atoms with Crippen LogP contribution in [0.4, 0.5) is 5.69 Å². The van der Waals surface area contributed by atoms with E-state index in [-0.39, 0.29) is 17.4 Å². The Hall–Kier alpha value is -1.44. The summed E-state index contributed by atoms with van der Waals surface area (Å²) in [6.45, 7) is 1.60. The van der Waals surface area contributed by atoms with Gasteiger partial charge in [0.15, 0.2) is 0 Å². The molecule has 0 fully saturated rings. The van der Waals surface area contributed by atoms with Gasteiger partial charge in [-0.05, 0) is 31.7 Å². The molecule has 0 spiro atoms. The number of methoxy groups -OCH3 is 1. The molecule has 2 N–H and O–H groups in total. The molecule has 7 heteroatoms. The maximum Gasteiger partial charge on any atom is 0.250 e. The summed E-state index contributed by atoms with van der Waals surface area (Å²) in [4.78, 5) is 11.5. The lowest BCUT2D eigenvalue weighted by Gasteiger charge is -2.10. The van der Waals surface area contributed by atoms with Gasteiger partial charge in [-0.2, -0.15) is 0 Å². The standard InChI is InChI=1S/C11H16N2O4S/c1-8-4-5-9(13-11(14)7-17-3)6-10(8)18(15,16)12-2/h4-6,12H,7H2,1-3H3,(H,13,14). The molecule has 6 nitrogen and oxygen atoms in total. The number of ether oxygens (including phenoxy) is 1. The van der Waals surface area contributed by atoms with Crippen LogP contribution in [0.1, 0.15) is 5.56 Å². The SMILES string of the molecule is CNS(=O)(=O)c1cc(NC(=O)COC)ccc1C. The maximum absolute atomic E-state index is 11.7. The number of amides is 1. The van der Waals surface area contributed by atoms with Crippen LogP contribution >= 0.6 is 0 Å². The van der Waals surface area contributed by atoms with E-state index in [1.807, 2.05) is 0 Å². The number of benzene rings is 1. The second-order valence-corrected chi connectivity index (χ2v) is 5.52. The van der Waals surface area contributed by atoms with E-state index in [1.54, 1.807) is 19.1 Å². The Labute approximate surface area is 106 Å². The van der Waals surface area contributed by atoms with Crippen molar-refractivity contribution in [3.05, 3.63) is 23.8 Å².